The highest BCUT2D eigenvalue weighted by Crippen LogP contribution is 2.12. The number of nitrogens with one attached hydrogen (secondary N) is 2. The summed E-state index contributed by atoms with van der Waals surface area (Å²) in [5.74, 6) is 0.0163. The third-order valence-electron chi connectivity index (χ3n) is 4.22. The van der Waals surface area contributed by atoms with E-state index in [1.54, 1.807) is 0 Å². The van der Waals surface area contributed by atoms with Gasteiger partial charge in [-0.1, -0.05) is 12.1 Å². The number of carbonyl (C=O) groups excluding carboxylic acids is 2. The van der Waals surface area contributed by atoms with Crippen molar-refractivity contribution in [3.63, 3.8) is 0 Å². The summed E-state index contributed by atoms with van der Waals surface area (Å²) in [6.07, 6.45) is 1.99. The molecule has 1 aromatic rings. The lowest BCUT2D eigenvalue weighted by molar-refractivity contribution is -0.122. The number of piperidine rings is 1. The zero-order chi connectivity index (χ0) is 17.5. The maximum Gasteiger partial charge on any atom is 0.234 e. The number of rotatable bonds is 6. The quantitative estimate of drug-likeness (QED) is 0.815. The van der Waals surface area contributed by atoms with Crippen LogP contribution in [0.15, 0.2) is 24.3 Å². The van der Waals surface area contributed by atoms with Gasteiger partial charge in [-0.05, 0) is 37.1 Å². The monoisotopic (exact) mass is 332 g/mol. The fourth-order valence-electron chi connectivity index (χ4n) is 2.98. The maximum absolute atomic E-state index is 12.1. The van der Waals surface area contributed by atoms with Crippen LogP contribution in [0.5, 0.6) is 0 Å². The van der Waals surface area contributed by atoms with Crippen molar-refractivity contribution in [3.05, 3.63) is 29.8 Å². The Bertz CT molecular complexity index is 557. The lowest BCUT2D eigenvalue weighted by Gasteiger charge is -2.32. The van der Waals surface area contributed by atoms with Gasteiger partial charge in [-0.3, -0.25) is 14.5 Å². The van der Waals surface area contributed by atoms with E-state index in [2.05, 4.69) is 15.5 Å². The number of hydrogen-bond donors (Lipinski definition) is 2. The second-order valence-corrected chi connectivity index (χ2v) is 6.61. The second kappa shape index (κ2) is 8.68. The Morgan fingerprint density at radius 3 is 2.58 bits per heavy atom. The Hall–Kier alpha value is -2.08. The summed E-state index contributed by atoms with van der Waals surface area (Å²) in [5, 5.41) is 5.91. The molecule has 0 aromatic heterocycles. The highest BCUT2D eigenvalue weighted by atomic mass is 16.2. The molecular weight excluding hydrogens is 304 g/mol. The van der Waals surface area contributed by atoms with E-state index in [0.717, 1.165) is 37.2 Å². The summed E-state index contributed by atoms with van der Waals surface area (Å²) in [5.41, 5.74) is 2.23. The lowest BCUT2D eigenvalue weighted by Crippen LogP contribution is -2.49. The van der Waals surface area contributed by atoms with Gasteiger partial charge in [-0.25, -0.2) is 0 Å². The molecule has 24 heavy (non-hydrogen) atoms. The van der Waals surface area contributed by atoms with Crippen molar-refractivity contribution in [1.82, 2.24) is 15.5 Å². The molecular formula is C18H28N4O2. The average molecular weight is 332 g/mol. The molecule has 1 aliphatic rings. The smallest absolute Gasteiger partial charge is 0.234 e. The number of benzene rings is 1. The highest BCUT2D eigenvalue weighted by molar-refractivity contribution is 5.78. The number of hydrogen-bond acceptors (Lipinski definition) is 4. The Kier molecular flexibility index (Phi) is 6.61. The van der Waals surface area contributed by atoms with Gasteiger partial charge < -0.3 is 15.5 Å². The van der Waals surface area contributed by atoms with Crippen LogP contribution >= 0.6 is 0 Å². The lowest BCUT2D eigenvalue weighted by atomic mass is 10.1. The topological polar surface area (TPSA) is 64.7 Å². The van der Waals surface area contributed by atoms with Crippen LogP contribution in [0.1, 0.15) is 25.3 Å². The standard InChI is InChI=1S/C18H28N4O2/c1-14(23)20-16-5-4-10-22(12-16)13-18(24)19-11-15-6-8-17(9-7-15)21(2)3/h6-9,16H,4-5,10-13H2,1-3H3,(H,19,24)(H,20,23). The molecule has 1 unspecified atom stereocenters. The Morgan fingerprint density at radius 1 is 1.25 bits per heavy atom. The van der Waals surface area contributed by atoms with Crippen molar-refractivity contribution in [1.29, 1.82) is 0 Å². The minimum atomic E-state index is -0.00697. The number of likely N-dealkylation sites (tertiary alicyclic amines) is 1. The molecule has 2 N–H and O–H groups in total. The molecule has 1 heterocycles. The number of amides is 2. The van der Waals surface area contributed by atoms with Gasteiger partial charge >= 0.3 is 0 Å². The van der Waals surface area contributed by atoms with E-state index in [4.69, 9.17) is 0 Å². The number of nitrogens with zero attached hydrogens (tertiary/aromatic N) is 2. The van der Waals surface area contributed by atoms with E-state index in [9.17, 15) is 9.59 Å². The summed E-state index contributed by atoms with van der Waals surface area (Å²) in [6.45, 7) is 4.10. The predicted octanol–water partition coefficient (Wildman–Crippen LogP) is 0.969. The Morgan fingerprint density at radius 2 is 1.96 bits per heavy atom. The molecule has 1 aliphatic heterocycles. The van der Waals surface area contributed by atoms with Gasteiger partial charge in [-0.15, -0.1) is 0 Å². The molecule has 6 heteroatoms. The van der Waals surface area contributed by atoms with E-state index >= 15 is 0 Å². The van der Waals surface area contributed by atoms with Crippen molar-refractivity contribution in [2.75, 3.05) is 38.6 Å². The van der Waals surface area contributed by atoms with Crippen LogP contribution in [0.4, 0.5) is 5.69 Å². The first-order valence-electron chi connectivity index (χ1n) is 8.46. The van der Waals surface area contributed by atoms with Crippen molar-refractivity contribution >= 4 is 17.5 Å². The fourth-order valence-corrected chi connectivity index (χ4v) is 2.98. The van der Waals surface area contributed by atoms with Crippen LogP contribution in [0.25, 0.3) is 0 Å². The third-order valence-corrected chi connectivity index (χ3v) is 4.22. The molecule has 132 valence electrons. The van der Waals surface area contributed by atoms with Crippen molar-refractivity contribution in [2.24, 2.45) is 0 Å². The molecule has 2 rings (SSSR count). The van der Waals surface area contributed by atoms with Gasteiger partial charge in [0.25, 0.3) is 0 Å². The van der Waals surface area contributed by atoms with Crippen LogP contribution in [-0.4, -0.2) is 56.5 Å². The van der Waals surface area contributed by atoms with Gasteiger partial charge in [0.15, 0.2) is 0 Å². The summed E-state index contributed by atoms with van der Waals surface area (Å²) >= 11 is 0. The second-order valence-electron chi connectivity index (χ2n) is 6.61. The molecule has 0 spiro atoms. The van der Waals surface area contributed by atoms with Crippen molar-refractivity contribution in [2.45, 2.75) is 32.4 Å². The molecule has 1 atom stereocenters. The highest BCUT2D eigenvalue weighted by Gasteiger charge is 2.21. The van der Waals surface area contributed by atoms with E-state index < -0.39 is 0 Å². The molecule has 0 radical (unpaired) electrons. The number of anilines is 1. The zero-order valence-corrected chi connectivity index (χ0v) is 14.8. The predicted molar refractivity (Wildman–Crippen MR) is 95.9 cm³/mol. The van der Waals surface area contributed by atoms with Crippen LogP contribution in [-0.2, 0) is 16.1 Å². The van der Waals surface area contributed by atoms with Crippen LogP contribution in [0.2, 0.25) is 0 Å². The first-order valence-corrected chi connectivity index (χ1v) is 8.46. The summed E-state index contributed by atoms with van der Waals surface area (Å²) < 4.78 is 0. The van der Waals surface area contributed by atoms with Crippen LogP contribution in [0, 0.1) is 0 Å². The van der Waals surface area contributed by atoms with Crippen molar-refractivity contribution in [3.8, 4) is 0 Å². The minimum absolute atomic E-state index is 0.00697. The third kappa shape index (κ3) is 5.85. The first kappa shape index (κ1) is 18.3. The van der Waals surface area contributed by atoms with E-state index in [0.29, 0.717) is 13.1 Å². The summed E-state index contributed by atoms with van der Waals surface area (Å²) in [7, 11) is 4.01. The van der Waals surface area contributed by atoms with E-state index in [1.807, 2.05) is 43.3 Å². The minimum Gasteiger partial charge on any atom is -0.378 e. The van der Waals surface area contributed by atoms with Gasteiger partial charge in [0.05, 0.1) is 6.54 Å². The molecule has 0 aliphatic carbocycles. The van der Waals surface area contributed by atoms with Gasteiger partial charge in [0.2, 0.25) is 11.8 Å². The molecule has 0 saturated carbocycles. The summed E-state index contributed by atoms with van der Waals surface area (Å²) in [4.78, 5) is 27.4. The Labute approximate surface area is 144 Å². The van der Waals surface area contributed by atoms with E-state index in [-0.39, 0.29) is 17.9 Å². The first-order chi connectivity index (χ1) is 11.4. The van der Waals surface area contributed by atoms with Crippen LogP contribution in [0.3, 0.4) is 0 Å². The van der Waals surface area contributed by atoms with Crippen LogP contribution < -0.4 is 15.5 Å². The zero-order valence-electron chi connectivity index (χ0n) is 14.8. The molecule has 1 saturated heterocycles. The average Bonchev–Trinajstić information content (AvgIpc) is 2.53. The normalized spacial score (nSPS) is 18.0. The van der Waals surface area contributed by atoms with Gasteiger partial charge in [0.1, 0.15) is 0 Å². The van der Waals surface area contributed by atoms with Crippen molar-refractivity contribution < 1.29 is 9.59 Å². The largest absolute Gasteiger partial charge is 0.378 e. The molecule has 1 fully saturated rings. The molecule has 2 amide bonds. The summed E-state index contributed by atoms with van der Waals surface area (Å²) in [6, 6.07) is 8.31. The number of carbonyl (C=O) groups is 2. The fraction of sp³-hybridized carbons (Fsp3) is 0.556. The molecule has 1 aromatic carbocycles. The van der Waals surface area contributed by atoms with Gasteiger partial charge in [0, 0.05) is 45.8 Å². The van der Waals surface area contributed by atoms with Gasteiger partial charge in [-0.2, -0.15) is 0 Å². The SMILES string of the molecule is CC(=O)NC1CCCN(CC(=O)NCc2ccc(N(C)C)cc2)C1. The Balaban J connectivity index is 1.75. The maximum atomic E-state index is 12.1. The molecule has 6 nitrogen and oxygen atoms in total. The molecule has 0 bridgehead atoms. The van der Waals surface area contributed by atoms with E-state index in [1.165, 1.54) is 6.92 Å².